The van der Waals surface area contributed by atoms with E-state index in [4.69, 9.17) is 19.0 Å². The van der Waals surface area contributed by atoms with Crippen LogP contribution in [0.5, 0.6) is 17.4 Å². The topological polar surface area (TPSA) is 84.2 Å². The molecule has 1 aromatic heterocycles. The SMILES string of the molecule is Cc1nn(C)c(Oc2ccc(F)cc2)c1C=NOCc1ccc(C(=O)OCCOc2ccccc2)cc1. The molecule has 4 rings (SSSR count). The van der Waals surface area contributed by atoms with Crippen molar-refractivity contribution in [1.82, 2.24) is 9.78 Å². The lowest BCUT2D eigenvalue weighted by atomic mass is 10.1. The van der Waals surface area contributed by atoms with E-state index < -0.39 is 5.97 Å². The number of aryl methyl sites for hydroxylation is 2. The van der Waals surface area contributed by atoms with Crippen molar-refractivity contribution in [1.29, 1.82) is 0 Å². The number of carbonyl (C=O) groups excluding carboxylic acids is 1. The molecule has 0 radical (unpaired) electrons. The molecule has 0 amide bonds. The van der Waals surface area contributed by atoms with Crippen LogP contribution in [0.3, 0.4) is 0 Å². The highest BCUT2D eigenvalue weighted by atomic mass is 19.1. The molecule has 0 unspecified atom stereocenters. The molecular formula is C28H26FN3O5. The van der Waals surface area contributed by atoms with E-state index in [-0.39, 0.29) is 25.6 Å². The minimum atomic E-state index is -0.428. The number of ether oxygens (including phenoxy) is 3. The van der Waals surface area contributed by atoms with Crippen LogP contribution in [0.1, 0.15) is 27.2 Å². The molecular weight excluding hydrogens is 477 g/mol. The van der Waals surface area contributed by atoms with E-state index in [0.717, 1.165) is 11.3 Å². The minimum Gasteiger partial charge on any atom is -0.490 e. The number of carbonyl (C=O) groups is 1. The molecule has 0 fully saturated rings. The van der Waals surface area contributed by atoms with Gasteiger partial charge in [-0.1, -0.05) is 35.5 Å². The second kappa shape index (κ2) is 12.3. The summed E-state index contributed by atoms with van der Waals surface area (Å²) in [6.07, 6.45) is 1.52. The maximum atomic E-state index is 13.2. The fraction of sp³-hybridized carbons (Fsp3) is 0.179. The average molecular weight is 504 g/mol. The van der Waals surface area contributed by atoms with Crippen LogP contribution in [0.4, 0.5) is 4.39 Å². The number of nitrogens with zero attached hydrogens (tertiary/aromatic N) is 3. The first-order valence-electron chi connectivity index (χ1n) is 11.6. The lowest BCUT2D eigenvalue weighted by Gasteiger charge is -2.08. The normalized spacial score (nSPS) is 10.9. The zero-order valence-corrected chi connectivity index (χ0v) is 20.5. The van der Waals surface area contributed by atoms with Crippen LogP contribution in [-0.4, -0.2) is 35.2 Å². The highest BCUT2D eigenvalue weighted by Crippen LogP contribution is 2.26. The quantitative estimate of drug-likeness (QED) is 0.117. The molecule has 190 valence electrons. The second-order valence-electron chi connectivity index (χ2n) is 7.99. The maximum Gasteiger partial charge on any atom is 0.338 e. The molecule has 9 heteroatoms. The minimum absolute atomic E-state index is 0.147. The summed E-state index contributed by atoms with van der Waals surface area (Å²) in [6, 6.07) is 21.9. The third-order valence-corrected chi connectivity index (χ3v) is 5.25. The Hall–Kier alpha value is -4.66. The fourth-order valence-corrected chi connectivity index (χ4v) is 3.37. The maximum absolute atomic E-state index is 13.2. The van der Waals surface area contributed by atoms with Crippen LogP contribution in [0, 0.1) is 12.7 Å². The highest BCUT2D eigenvalue weighted by Gasteiger charge is 2.14. The zero-order chi connectivity index (χ0) is 26.0. The number of rotatable bonds is 11. The van der Waals surface area contributed by atoms with Gasteiger partial charge in [-0.3, -0.25) is 0 Å². The molecule has 8 nitrogen and oxygen atoms in total. The molecule has 0 saturated carbocycles. The summed E-state index contributed by atoms with van der Waals surface area (Å²) >= 11 is 0. The van der Waals surface area contributed by atoms with Crippen molar-refractivity contribution in [3.63, 3.8) is 0 Å². The molecule has 0 bridgehead atoms. The van der Waals surface area contributed by atoms with Crippen molar-refractivity contribution in [2.24, 2.45) is 12.2 Å². The van der Waals surface area contributed by atoms with Crippen LogP contribution in [-0.2, 0) is 23.2 Å². The fourth-order valence-electron chi connectivity index (χ4n) is 3.37. The van der Waals surface area contributed by atoms with E-state index in [1.54, 1.807) is 36.0 Å². The summed E-state index contributed by atoms with van der Waals surface area (Å²) in [5.41, 5.74) is 2.59. The van der Waals surface area contributed by atoms with Gasteiger partial charge in [0.1, 0.15) is 37.1 Å². The van der Waals surface area contributed by atoms with Crippen LogP contribution < -0.4 is 9.47 Å². The Balaban J connectivity index is 1.25. The van der Waals surface area contributed by atoms with Gasteiger partial charge in [0.15, 0.2) is 0 Å². The first kappa shape index (κ1) is 25.4. The van der Waals surface area contributed by atoms with Gasteiger partial charge in [-0.2, -0.15) is 5.10 Å². The van der Waals surface area contributed by atoms with Gasteiger partial charge in [-0.05, 0) is 61.0 Å². The predicted octanol–water partition coefficient (Wildman–Crippen LogP) is 5.45. The molecule has 0 atom stereocenters. The van der Waals surface area contributed by atoms with E-state index in [9.17, 15) is 9.18 Å². The molecule has 37 heavy (non-hydrogen) atoms. The standard InChI is InChI=1S/C28H26FN3O5/c1-20-26(27(32(2)31-20)37-25-14-12-23(29)13-15-25)18-30-36-19-21-8-10-22(11-9-21)28(33)35-17-16-34-24-6-4-3-5-7-24/h3-15,18H,16-17,19H2,1-2H3. The summed E-state index contributed by atoms with van der Waals surface area (Å²) < 4.78 is 31.4. The molecule has 0 aliphatic rings. The average Bonchev–Trinajstić information content (AvgIpc) is 3.18. The molecule has 4 aromatic rings. The first-order valence-corrected chi connectivity index (χ1v) is 11.6. The number of aromatic nitrogens is 2. The summed E-state index contributed by atoms with van der Waals surface area (Å²) in [4.78, 5) is 17.7. The van der Waals surface area contributed by atoms with E-state index >= 15 is 0 Å². The lowest BCUT2D eigenvalue weighted by molar-refractivity contribution is 0.0450. The molecule has 1 heterocycles. The van der Waals surface area contributed by atoms with E-state index in [2.05, 4.69) is 10.3 Å². The summed E-state index contributed by atoms with van der Waals surface area (Å²) in [6.45, 7) is 2.44. The monoisotopic (exact) mass is 503 g/mol. The summed E-state index contributed by atoms with van der Waals surface area (Å²) in [7, 11) is 1.74. The van der Waals surface area contributed by atoms with Gasteiger partial charge in [-0.15, -0.1) is 0 Å². The molecule has 0 N–H and O–H groups in total. The Labute approximate surface area is 213 Å². The van der Waals surface area contributed by atoms with Crippen molar-refractivity contribution >= 4 is 12.2 Å². The van der Waals surface area contributed by atoms with Crippen molar-refractivity contribution in [2.75, 3.05) is 13.2 Å². The Kier molecular flexibility index (Phi) is 8.49. The number of hydrogen-bond acceptors (Lipinski definition) is 7. The Morgan fingerprint density at radius 2 is 1.70 bits per heavy atom. The van der Waals surface area contributed by atoms with Gasteiger partial charge in [-0.25, -0.2) is 13.9 Å². The largest absolute Gasteiger partial charge is 0.490 e. The Morgan fingerprint density at radius 1 is 0.973 bits per heavy atom. The predicted molar refractivity (Wildman–Crippen MR) is 135 cm³/mol. The Bertz CT molecular complexity index is 1340. The second-order valence-corrected chi connectivity index (χ2v) is 7.99. The number of esters is 1. The summed E-state index contributed by atoms with van der Waals surface area (Å²) in [5.74, 6) is 0.877. The molecule has 0 aliphatic carbocycles. The molecule has 0 spiro atoms. The van der Waals surface area contributed by atoms with E-state index in [1.807, 2.05) is 37.3 Å². The number of oxime groups is 1. The van der Waals surface area contributed by atoms with Gasteiger partial charge in [0.05, 0.1) is 23.0 Å². The van der Waals surface area contributed by atoms with Gasteiger partial charge in [0.25, 0.3) is 0 Å². The van der Waals surface area contributed by atoms with E-state index in [0.29, 0.717) is 28.5 Å². The summed E-state index contributed by atoms with van der Waals surface area (Å²) in [5, 5.41) is 8.39. The highest BCUT2D eigenvalue weighted by molar-refractivity contribution is 5.89. The number of benzene rings is 3. The van der Waals surface area contributed by atoms with Crippen LogP contribution in [0.25, 0.3) is 0 Å². The van der Waals surface area contributed by atoms with E-state index in [1.165, 1.54) is 30.5 Å². The van der Waals surface area contributed by atoms with Crippen molar-refractivity contribution in [3.05, 3.63) is 107 Å². The van der Waals surface area contributed by atoms with Gasteiger partial charge < -0.3 is 19.0 Å². The van der Waals surface area contributed by atoms with Crippen molar-refractivity contribution in [2.45, 2.75) is 13.5 Å². The van der Waals surface area contributed by atoms with Gasteiger partial charge in [0.2, 0.25) is 5.88 Å². The Morgan fingerprint density at radius 3 is 2.43 bits per heavy atom. The first-order chi connectivity index (χ1) is 18.0. The third-order valence-electron chi connectivity index (χ3n) is 5.25. The number of hydrogen-bond donors (Lipinski definition) is 0. The number of halogens is 1. The number of para-hydroxylation sites is 1. The lowest BCUT2D eigenvalue weighted by Crippen LogP contribution is -2.12. The van der Waals surface area contributed by atoms with Crippen molar-refractivity contribution in [3.8, 4) is 17.4 Å². The van der Waals surface area contributed by atoms with Crippen molar-refractivity contribution < 1.29 is 28.2 Å². The van der Waals surface area contributed by atoms with Gasteiger partial charge in [0, 0.05) is 7.05 Å². The van der Waals surface area contributed by atoms with Crippen LogP contribution in [0.2, 0.25) is 0 Å². The zero-order valence-electron chi connectivity index (χ0n) is 20.5. The molecule has 0 aliphatic heterocycles. The smallest absolute Gasteiger partial charge is 0.338 e. The molecule has 3 aromatic carbocycles. The van der Waals surface area contributed by atoms with Crippen LogP contribution in [0.15, 0.2) is 84.0 Å². The molecule has 0 saturated heterocycles. The van der Waals surface area contributed by atoms with Gasteiger partial charge >= 0.3 is 5.97 Å². The third kappa shape index (κ3) is 7.17. The van der Waals surface area contributed by atoms with Crippen LogP contribution >= 0.6 is 0 Å².